The first-order chi connectivity index (χ1) is 3.79. The molecule has 9 heavy (non-hydrogen) atoms. The van der Waals surface area contributed by atoms with Gasteiger partial charge in [0.25, 0.3) is 0 Å². The zero-order valence-electron chi connectivity index (χ0n) is 6.44. The van der Waals surface area contributed by atoms with Crippen molar-refractivity contribution in [3.8, 4) is 0 Å². The molecule has 0 spiro atoms. The van der Waals surface area contributed by atoms with E-state index in [-0.39, 0.29) is 58.8 Å². The number of hydrogen-bond donors (Lipinski definition) is 1. The van der Waals surface area contributed by atoms with Gasteiger partial charge < -0.3 is 11.5 Å². The molecule has 0 radical (unpaired) electrons. The molecule has 1 saturated heterocycles. The Morgan fingerprint density at radius 2 is 2.44 bits per heavy atom. The summed E-state index contributed by atoms with van der Waals surface area (Å²) in [6.07, 6.45) is 0.443. The fourth-order valence-electron chi connectivity index (χ4n) is 0.529. The second-order valence-corrected chi connectivity index (χ2v) is 1.57. The third-order valence-electron chi connectivity index (χ3n) is 0.888. The number of ether oxygens (including phenoxy) is 1. The monoisotopic (exact) mass is 153 g/mol. The zero-order chi connectivity index (χ0) is 5.98. The molecule has 0 aromatic rings. The van der Waals surface area contributed by atoms with Gasteiger partial charge in [-0.3, -0.25) is 4.79 Å². The van der Waals surface area contributed by atoms with Crippen molar-refractivity contribution in [3.63, 3.8) is 0 Å². The zero-order valence-corrected chi connectivity index (χ0v) is 8.56. The first kappa shape index (κ1) is 9.65. The molecule has 0 aromatic carbocycles. The molecule has 0 saturated carbocycles. The molecule has 0 aliphatic carbocycles. The molecule has 0 amide bonds. The number of esters is 1. The molecule has 0 aromatic heterocycles. The summed E-state index contributed by atoms with van der Waals surface area (Å²) in [5.41, 5.74) is 0. The van der Waals surface area contributed by atoms with E-state index in [9.17, 15) is 4.79 Å². The van der Waals surface area contributed by atoms with E-state index < -0.39 is 0 Å². The van der Waals surface area contributed by atoms with E-state index in [0.29, 0.717) is 18.8 Å². The topological polar surface area (TPSA) is 38.3 Å². The standard InChI is InChI=1S/C5H7NO2.K.H/c1-4-6-3-2-5(7)8-4;;/h6H,1-3H2;;/q;+1;-1. The van der Waals surface area contributed by atoms with Gasteiger partial charge in [0.15, 0.2) is 5.88 Å². The number of nitrogens with one attached hydrogen (secondary N) is 1. The van der Waals surface area contributed by atoms with Gasteiger partial charge in [0, 0.05) is 6.54 Å². The molecule has 1 aliphatic rings. The van der Waals surface area contributed by atoms with Crippen LogP contribution in [0.5, 0.6) is 0 Å². The van der Waals surface area contributed by atoms with Gasteiger partial charge in [-0.05, 0) is 6.58 Å². The largest absolute Gasteiger partial charge is 1.00 e. The van der Waals surface area contributed by atoms with Crippen molar-refractivity contribution in [1.29, 1.82) is 0 Å². The summed E-state index contributed by atoms with van der Waals surface area (Å²) >= 11 is 0. The van der Waals surface area contributed by atoms with Crippen molar-refractivity contribution >= 4 is 5.97 Å². The van der Waals surface area contributed by atoms with Gasteiger partial charge in [0.05, 0.1) is 6.42 Å². The van der Waals surface area contributed by atoms with E-state index in [4.69, 9.17) is 0 Å². The first-order valence-corrected chi connectivity index (χ1v) is 2.42. The van der Waals surface area contributed by atoms with E-state index in [0.717, 1.165) is 0 Å². The summed E-state index contributed by atoms with van der Waals surface area (Å²) in [7, 11) is 0. The second-order valence-electron chi connectivity index (χ2n) is 1.57. The second kappa shape index (κ2) is 4.46. The van der Waals surface area contributed by atoms with Crippen LogP contribution in [0, 0.1) is 0 Å². The fraction of sp³-hybridized carbons (Fsp3) is 0.400. The van der Waals surface area contributed by atoms with E-state index in [1.807, 2.05) is 0 Å². The Morgan fingerprint density at radius 3 is 2.78 bits per heavy atom. The van der Waals surface area contributed by atoms with Crippen molar-refractivity contribution < 1.29 is 62.3 Å². The Bertz CT molecular complexity index is 126. The van der Waals surface area contributed by atoms with Crippen LogP contribution >= 0.6 is 0 Å². The number of cyclic esters (lactones) is 1. The van der Waals surface area contributed by atoms with E-state index in [1.54, 1.807) is 0 Å². The Kier molecular flexibility index (Phi) is 4.78. The molecule has 1 rings (SSSR count). The number of carbonyl (C=O) groups excluding carboxylic acids is 1. The molecule has 46 valence electrons. The van der Waals surface area contributed by atoms with Gasteiger partial charge in [0.1, 0.15) is 0 Å². The van der Waals surface area contributed by atoms with Crippen LogP contribution in [-0.4, -0.2) is 12.5 Å². The van der Waals surface area contributed by atoms with Crippen molar-refractivity contribution in [2.75, 3.05) is 6.54 Å². The van der Waals surface area contributed by atoms with Gasteiger partial charge in [-0.1, -0.05) is 0 Å². The normalized spacial score (nSPS) is 17.3. The van der Waals surface area contributed by atoms with Crippen LogP contribution < -0.4 is 56.7 Å². The molecular formula is C5H8KNO2. The smallest absolute Gasteiger partial charge is 1.00 e. The molecule has 1 heterocycles. The minimum absolute atomic E-state index is 0. The molecule has 0 atom stereocenters. The predicted octanol–water partition coefficient (Wildman–Crippen LogP) is -2.89. The van der Waals surface area contributed by atoms with Crippen molar-refractivity contribution in [2.24, 2.45) is 0 Å². The van der Waals surface area contributed by atoms with Gasteiger partial charge in [0.2, 0.25) is 0 Å². The quantitative estimate of drug-likeness (QED) is 0.300. The maximum absolute atomic E-state index is 10.4. The van der Waals surface area contributed by atoms with Crippen LogP contribution in [-0.2, 0) is 9.53 Å². The Morgan fingerprint density at radius 1 is 1.78 bits per heavy atom. The van der Waals surface area contributed by atoms with Gasteiger partial charge >= 0.3 is 57.4 Å². The van der Waals surface area contributed by atoms with Crippen LogP contribution in [0.1, 0.15) is 7.85 Å². The minimum Gasteiger partial charge on any atom is -1.00 e. The average Bonchev–Trinajstić information content (AvgIpc) is 1.64. The van der Waals surface area contributed by atoms with Crippen molar-refractivity contribution in [3.05, 3.63) is 12.5 Å². The Balaban J connectivity index is 0. The molecule has 1 N–H and O–H groups in total. The van der Waals surface area contributed by atoms with Crippen molar-refractivity contribution in [1.82, 2.24) is 5.32 Å². The SMILES string of the molecule is C=C1NCCC(=O)O1.[H-].[K+]. The van der Waals surface area contributed by atoms with Crippen LogP contribution in [0.3, 0.4) is 0 Å². The summed E-state index contributed by atoms with van der Waals surface area (Å²) in [6, 6.07) is 0. The predicted molar refractivity (Wildman–Crippen MR) is 29.0 cm³/mol. The summed E-state index contributed by atoms with van der Waals surface area (Å²) in [6.45, 7) is 4.06. The molecular weight excluding hydrogens is 145 g/mol. The van der Waals surface area contributed by atoms with Gasteiger partial charge in [-0.15, -0.1) is 0 Å². The molecule has 1 fully saturated rings. The summed E-state index contributed by atoms with van der Waals surface area (Å²) in [5, 5.41) is 2.77. The summed E-state index contributed by atoms with van der Waals surface area (Å²) in [5.74, 6) is 0.162. The molecule has 0 unspecified atom stereocenters. The summed E-state index contributed by atoms with van der Waals surface area (Å²) in [4.78, 5) is 10.4. The molecule has 0 bridgehead atoms. The average molecular weight is 153 g/mol. The van der Waals surface area contributed by atoms with Crippen LogP contribution in [0.4, 0.5) is 0 Å². The fourth-order valence-corrected chi connectivity index (χ4v) is 0.529. The Labute approximate surface area is 97.7 Å². The van der Waals surface area contributed by atoms with Gasteiger partial charge in [-0.25, -0.2) is 0 Å². The van der Waals surface area contributed by atoms with Crippen molar-refractivity contribution in [2.45, 2.75) is 6.42 Å². The number of hydrogen-bond acceptors (Lipinski definition) is 3. The maximum atomic E-state index is 10.4. The van der Waals surface area contributed by atoms with E-state index >= 15 is 0 Å². The van der Waals surface area contributed by atoms with Crippen LogP contribution in [0.2, 0.25) is 0 Å². The minimum atomic E-state index is -0.200. The third kappa shape index (κ3) is 3.37. The van der Waals surface area contributed by atoms with Gasteiger partial charge in [-0.2, -0.15) is 0 Å². The third-order valence-corrected chi connectivity index (χ3v) is 0.888. The summed E-state index contributed by atoms with van der Waals surface area (Å²) < 4.78 is 4.54. The Hall–Kier alpha value is 0.646. The molecule has 3 nitrogen and oxygen atoms in total. The van der Waals surface area contributed by atoms with Crippen LogP contribution in [0.15, 0.2) is 12.5 Å². The number of carbonyl (C=O) groups is 1. The molecule has 4 heteroatoms. The molecule has 1 aliphatic heterocycles. The van der Waals surface area contributed by atoms with E-state index in [2.05, 4.69) is 16.6 Å². The van der Waals surface area contributed by atoms with E-state index in [1.165, 1.54) is 0 Å². The first-order valence-electron chi connectivity index (χ1n) is 2.42. The van der Waals surface area contributed by atoms with Crippen LogP contribution in [0.25, 0.3) is 0 Å². The maximum Gasteiger partial charge on any atom is 1.00 e. The number of rotatable bonds is 0.